The van der Waals surface area contributed by atoms with Crippen LogP contribution < -0.4 is 0 Å². The highest BCUT2D eigenvalue weighted by atomic mass is 32.2. The minimum atomic E-state index is 0.000444. The van der Waals surface area contributed by atoms with Gasteiger partial charge >= 0.3 is 0 Å². The Labute approximate surface area is 150 Å². The number of piperidine rings is 1. The van der Waals surface area contributed by atoms with E-state index in [1.54, 1.807) is 18.5 Å². The minimum Gasteiger partial charge on any atom is -0.451 e. The molecule has 1 fully saturated rings. The zero-order valence-corrected chi connectivity index (χ0v) is 14.7. The van der Waals surface area contributed by atoms with Crippen LogP contribution in [0.5, 0.6) is 0 Å². The van der Waals surface area contributed by atoms with E-state index in [0.717, 1.165) is 42.5 Å². The second kappa shape index (κ2) is 7.27. The van der Waals surface area contributed by atoms with Gasteiger partial charge in [0, 0.05) is 42.2 Å². The smallest absolute Gasteiger partial charge is 0.289 e. The van der Waals surface area contributed by atoms with E-state index < -0.39 is 0 Å². The summed E-state index contributed by atoms with van der Waals surface area (Å²) in [7, 11) is 0. The van der Waals surface area contributed by atoms with Crippen molar-refractivity contribution in [2.45, 2.75) is 30.2 Å². The fourth-order valence-electron chi connectivity index (χ4n) is 3.15. The number of carbonyl (C=O) groups is 1. The number of likely N-dealkylation sites (tertiary alicyclic amines) is 1. The van der Waals surface area contributed by atoms with E-state index in [0.29, 0.717) is 16.7 Å². The summed E-state index contributed by atoms with van der Waals surface area (Å²) >= 11 is 1.52. The van der Waals surface area contributed by atoms with Gasteiger partial charge in [-0.2, -0.15) is 0 Å². The molecule has 1 amide bonds. The molecule has 3 aromatic rings. The number of para-hydroxylation sites is 1. The van der Waals surface area contributed by atoms with Crippen LogP contribution in [0.15, 0.2) is 52.3 Å². The van der Waals surface area contributed by atoms with Crippen LogP contribution >= 0.6 is 11.8 Å². The Morgan fingerprint density at radius 2 is 1.84 bits per heavy atom. The number of thioether (sulfide) groups is 1. The van der Waals surface area contributed by atoms with Crippen LogP contribution in [0, 0.1) is 0 Å². The van der Waals surface area contributed by atoms with Crippen molar-refractivity contribution in [3.05, 3.63) is 54.0 Å². The Kier molecular flexibility index (Phi) is 4.70. The Balaban J connectivity index is 1.66. The number of benzene rings is 1. The Morgan fingerprint density at radius 3 is 2.64 bits per heavy atom. The number of aromatic nitrogens is 2. The summed E-state index contributed by atoms with van der Waals surface area (Å²) in [6, 6.07) is 9.62. The molecule has 0 aliphatic carbocycles. The van der Waals surface area contributed by atoms with Crippen molar-refractivity contribution in [2.75, 3.05) is 13.1 Å². The van der Waals surface area contributed by atoms with Gasteiger partial charge in [0.05, 0.1) is 0 Å². The van der Waals surface area contributed by atoms with Crippen molar-refractivity contribution < 1.29 is 9.21 Å². The number of fused-ring (bicyclic) bond motifs is 1. The van der Waals surface area contributed by atoms with Crippen LogP contribution in [0.4, 0.5) is 0 Å². The van der Waals surface area contributed by atoms with Crippen LogP contribution in [0.25, 0.3) is 11.0 Å². The van der Waals surface area contributed by atoms with Gasteiger partial charge in [-0.15, -0.1) is 0 Å². The summed E-state index contributed by atoms with van der Waals surface area (Å²) in [6.45, 7) is 1.62. The van der Waals surface area contributed by atoms with E-state index in [-0.39, 0.29) is 5.91 Å². The number of furan rings is 1. The van der Waals surface area contributed by atoms with Crippen molar-refractivity contribution in [3.8, 4) is 0 Å². The van der Waals surface area contributed by atoms with E-state index in [1.165, 1.54) is 18.2 Å². The summed E-state index contributed by atoms with van der Waals surface area (Å²) in [5.41, 5.74) is 1.69. The van der Waals surface area contributed by atoms with Crippen LogP contribution in [-0.4, -0.2) is 33.9 Å². The maximum absolute atomic E-state index is 13.0. The molecule has 4 rings (SSSR count). The minimum absolute atomic E-state index is 0.000444. The fraction of sp³-hybridized carbons (Fsp3) is 0.316. The second-order valence-electron chi connectivity index (χ2n) is 6.08. The molecule has 0 unspecified atom stereocenters. The van der Waals surface area contributed by atoms with Gasteiger partial charge in [0.2, 0.25) is 0 Å². The number of hydrogen-bond acceptors (Lipinski definition) is 5. The van der Waals surface area contributed by atoms with Crippen LogP contribution in [0.1, 0.15) is 35.4 Å². The van der Waals surface area contributed by atoms with Crippen molar-refractivity contribution in [1.82, 2.24) is 14.9 Å². The van der Waals surface area contributed by atoms with Gasteiger partial charge in [-0.3, -0.25) is 4.79 Å². The van der Waals surface area contributed by atoms with E-state index >= 15 is 0 Å². The molecule has 25 heavy (non-hydrogen) atoms. The lowest BCUT2D eigenvalue weighted by Crippen LogP contribution is -2.35. The van der Waals surface area contributed by atoms with Crippen LogP contribution in [0.2, 0.25) is 0 Å². The quantitative estimate of drug-likeness (QED) is 0.521. The molecule has 1 saturated heterocycles. The topological polar surface area (TPSA) is 59.2 Å². The molecule has 1 aliphatic rings. The third-order valence-electron chi connectivity index (χ3n) is 4.42. The first-order valence-electron chi connectivity index (χ1n) is 8.52. The van der Waals surface area contributed by atoms with Gasteiger partial charge in [-0.1, -0.05) is 30.0 Å². The highest BCUT2D eigenvalue weighted by Gasteiger charge is 2.26. The monoisotopic (exact) mass is 353 g/mol. The predicted octanol–water partition coefficient (Wildman–Crippen LogP) is 4.14. The average Bonchev–Trinajstić information content (AvgIpc) is 3.06. The average molecular weight is 353 g/mol. The molecule has 0 saturated carbocycles. The van der Waals surface area contributed by atoms with Crippen molar-refractivity contribution >= 4 is 28.6 Å². The molecule has 0 bridgehead atoms. The third kappa shape index (κ3) is 3.39. The number of amides is 1. The maximum atomic E-state index is 13.0. The number of nitrogens with zero attached hydrogens (tertiary/aromatic N) is 3. The first-order chi connectivity index (χ1) is 12.3. The molecule has 0 atom stereocenters. The summed E-state index contributed by atoms with van der Waals surface area (Å²) in [4.78, 5) is 23.4. The zero-order valence-electron chi connectivity index (χ0n) is 13.9. The van der Waals surface area contributed by atoms with Gasteiger partial charge in [0.15, 0.2) is 10.9 Å². The van der Waals surface area contributed by atoms with Crippen LogP contribution in [0.3, 0.4) is 0 Å². The Morgan fingerprint density at radius 1 is 1.08 bits per heavy atom. The van der Waals surface area contributed by atoms with Gasteiger partial charge < -0.3 is 9.32 Å². The summed E-state index contributed by atoms with van der Waals surface area (Å²) < 4.78 is 5.96. The molecule has 128 valence electrons. The lowest BCUT2D eigenvalue weighted by molar-refractivity contribution is 0.0693. The van der Waals surface area contributed by atoms with Crippen molar-refractivity contribution in [2.24, 2.45) is 0 Å². The summed E-state index contributed by atoms with van der Waals surface area (Å²) in [5.74, 6) is 1.07. The lowest BCUT2D eigenvalue weighted by atomic mass is 10.1. The molecule has 5 nitrogen and oxygen atoms in total. The highest BCUT2D eigenvalue weighted by molar-refractivity contribution is 7.98. The van der Waals surface area contributed by atoms with Gasteiger partial charge in [-0.25, -0.2) is 9.97 Å². The summed E-state index contributed by atoms with van der Waals surface area (Å²) in [5, 5.41) is 1.69. The van der Waals surface area contributed by atoms with Crippen LogP contribution in [-0.2, 0) is 5.75 Å². The molecule has 1 aromatic carbocycles. The molecule has 1 aliphatic heterocycles. The van der Waals surface area contributed by atoms with E-state index in [9.17, 15) is 4.79 Å². The number of rotatable bonds is 4. The molecule has 0 spiro atoms. The molecule has 0 radical (unpaired) electrons. The maximum Gasteiger partial charge on any atom is 0.289 e. The standard InChI is InChI=1S/C19H19N3O2S/c23-18(22-11-4-1-5-12-22)17-15(13-25-19-20-9-6-10-21-19)14-7-2-3-8-16(14)24-17/h2-3,6-10H,1,4-5,11-13H2. The first kappa shape index (κ1) is 16.1. The fourth-order valence-corrected chi connectivity index (χ4v) is 3.98. The molecular formula is C19H19N3O2S. The van der Waals surface area contributed by atoms with E-state index in [4.69, 9.17) is 4.42 Å². The SMILES string of the molecule is O=C(c1oc2ccccc2c1CSc1ncccn1)N1CCCCC1. The highest BCUT2D eigenvalue weighted by Crippen LogP contribution is 2.32. The normalized spacial score (nSPS) is 14.8. The second-order valence-corrected chi connectivity index (χ2v) is 7.02. The van der Waals surface area contributed by atoms with Crippen molar-refractivity contribution in [3.63, 3.8) is 0 Å². The molecule has 3 heterocycles. The zero-order chi connectivity index (χ0) is 17.1. The third-order valence-corrected chi connectivity index (χ3v) is 5.33. The molecule has 0 N–H and O–H groups in total. The molecular weight excluding hydrogens is 334 g/mol. The molecule has 6 heteroatoms. The van der Waals surface area contributed by atoms with Crippen molar-refractivity contribution in [1.29, 1.82) is 0 Å². The number of carbonyl (C=O) groups excluding carboxylic acids is 1. The Hall–Kier alpha value is -2.34. The first-order valence-corrected chi connectivity index (χ1v) is 9.51. The lowest BCUT2D eigenvalue weighted by Gasteiger charge is -2.26. The van der Waals surface area contributed by atoms with E-state index in [2.05, 4.69) is 9.97 Å². The van der Waals surface area contributed by atoms with Gasteiger partial charge in [0.1, 0.15) is 5.58 Å². The van der Waals surface area contributed by atoms with E-state index in [1.807, 2.05) is 29.2 Å². The van der Waals surface area contributed by atoms with Gasteiger partial charge in [0.25, 0.3) is 5.91 Å². The molecule has 2 aromatic heterocycles. The predicted molar refractivity (Wildman–Crippen MR) is 97.6 cm³/mol. The van der Waals surface area contributed by atoms with Gasteiger partial charge in [-0.05, 0) is 31.4 Å². The Bertz CT molecular complexity index is 873. The largest absolute Gasteiger partial charge is 0.451 e. The summed E-state index contributed by atoms with van der Waals surface area (Å²) in [6.07, 6.45) is 6.77. The number of hydrogen-bond donors (Lipinski definition) is 0.